The van der Waals surface area contributed by atoms with Gasteiger partial charge in [0, 0.05) is 12.1 Å². The van der Waals surface area contributed by atoms with Crippen molar-refractivity contribution in [3.8, 4) is 0 Å². The van der Waals surface area contributed by atoms with Gasteiger partial charge < -0.3 is 11.1 Å². The maximum atomic E-state index is 12.1. The highest BCUT2D eigenvalue weighted by atomic mass is 16.1. The van der Waals surface area contributed by atoms with Gasteiger partial charge in [-0.05, 0) is 37.8 Å². The van der Waals surface area contributed by atoms with Crippen LogP contribution >= 0.6 is 0 Å². The summed E-state index contributed by atoms with van der Waals surface area (Å²) in [7, 11) is 0. The van der Waals surface area contributed by atoms with Gasteiger partial charge in [0.2, 0.25) is 5.91 Å². The van der Waals surface area contributed by atoms with E-state index in [2.05, 4.69) is 30.4 Å². The van der Waals surface area contributed by atoms with Crippen LogP contribution in [0.2, 0.25) is 0 Å². The van der Waals surface area contributed by atoms with Crippen molar-refractivity contribution < 1.29 is 4.79 Å². The van der Waals surface area contributed by atoms with Crippen molar-refractivity contribution in [2.75, 3.05) is 0 Å². The van der Waals surface area contributed by atoms with Gasteiger partial charge in [0.15, 0.2) is 0 Å². The number of aryl methyl sites for hydroxylation is 2. The third-order valence-corrected chi connectivity index (χ3v) is 4.02. The molecule has 19 heavy (non-hydrogen) atoms. The molecule has 1 aliphatic rings. The highest BCUT2D eigenvalue weighted by Crippen LogP contribution is 2.17. The van der Waals surface area contributed by atoms with Crippen molar-refractivity contribution >= 4 is 5.91 Å². The van der Waals surface area contributed by atoms with Gasteiger partial charge >= 0.3 is 0 Å². The van der Waals surface area contributed by atoms with E-state index in [1.807, 2.05) is 6.92 Å². The van der Waals surface area contributed by atoms with E-state index >= 15 is 0 Å². The molecule has 1 aliphatic carbocycles. The first-order chi connectivity index (χ1) is 9.06. The zero-order valence-electron chi connectivity index (χ0n) is 11.9. The molecule has 0 saturated heterocycles. The predicted molar refractivity (Wildman–Crippen MR) is 78.0 cm³/mol. The number of hydrogen-bond donors (Lipinski definition) is 2. The van der Waals surface area contributed by atoms with Gasteiger partial charge in [-0.25, -0.2) is 0 Å². The largest absolute Gasteiger partial charge is 0.352 e. The van der Waals surface area contributed by atoms with Gasteiger partial charge in [-0.3, -0.25) is 4.79 Å². The number of amides is 1. The van der Waals surface area contributed by atoms with Crippen LogP contribution in [0.15, 0.2) is 18.2 Å². The Bertz CT molecular complexity index is 456. The lowest BCUT2D eigenvalue weighted by molar-refractivity contribution is -0.121. The second-order valence-corrected chi connectivity index (χ2v) is 5.73. The van der Waals surface area contributed by atoms with Crippen molar-refractivity contribution in [1.82, 2.24) is 5.32 Å². The van der Waals surface area contributed by atoms with Crippen molar-refractivity contribution in [1.29, 1.82) is 0 Å². The Balaban J connectivity index is 1.95. The van der Waals surface area contributed by atoms with E-state index < -0.39 is 0 Å². The van der Waals surface area contributed by atoms with E-state index in [1.165, 1.54) is 24.0 Å². The minimum Gasteiger partial charge on any atom is -0.352 e. The van der Waals surface area contributed by atoms with E-state index in [9.17, 15) is 4.79 Å². The highest BCUT2D eigenvalue weighted by Gasteiger charge is 2.23. The molecule has 0 unspecified atom stereocenters. The average Bonchev–Trinajstić information content (AvgIpc) is 2.37. The number of nitrogens with two attached hydrogens (primary N) is 1. The number of carbonyl (C=O) groups excluding carboxylic acids is 1. The fourth-order valence-corrected chi connectivity index (χ4v) is 2.76. The van der Waals surface area contributed by atoms with E-state index in [-0.39, 0.29) is 18.0 Å². The van der Waals surface area contributed by atoms with Gasteiger partial charge in [-0.2, -0.15) is 0 Å². The molecule has 104 valence electrons. The number of rotatable bonds is 3. The molecule has 1 aromatic rings. The summed E-state index contributed by atoms with van der Waals surface area (Å²) in [6.07, 6.45) is 4.84. The summed E-state index contributed by atoms with van der Waals surface area (Å²) in [5.41, 5.74) is 9.54. The van der Waals surface area contributed by atoms with Gasteiger partial charge in [0.05, 0.1) is 6.42 Å². The minimum atomic E-state index is 0.0936. The van der Waals surface area contributed by atoms with Crippen LogP contribution in [0.5, 0.6) is 0 Å². The molecule has 2 atom stereocenters. The quantitative estimate of drug-likeness (QED) is 0.875. The highest BCUT2D eigenvalue weighted by molar-refractivity contribution is 5.79. The Labute approximate surface area is 115 Å². The molecular weight excluding hydrogens is 236 g/mol. The second kappa shape index (κ2) is 6.20. The Hall–Kier alpha value is -1.35. The van der Waals surface area contributed by atoms with Crippen LogP contribution in [0.1, 0.15) is 42.4 Å². The number of carbonyl (C=O) groups is 1. The summed E-state index contributed by atoms with van der Waals surface area (Å²) < 4.78 is 0. The Morgan fingerprint density at radius 1 is 1.32 bits per heavy atom. The van der Waals surface area contributed by atoms with Crippen LogP contribution in [-0.2, 0) is 11.2 Å². The SMILES string of the molecule is Cc1ccc(C)c(CC(=O)N[C@@H]2CCCC[C@H]2N)c1. The first-order valence-electron chi connectivity index (χ1n) is 7.17. The van der Waals surface area contributed by atoms with Crippen molar-refractivity contribution in [2.24, 2.45) is 5.73 Å². The molecule has 3 nitrogen and oxygen atoms in total. The Morgan fingerprint density at radius 3 is 2.79 bits per heavy atom. The molecule has 0 spiro atoms. The predicted octanol–water partition coefficient (Wildman–Crippen LogP) is 2.23. The van der Waals surface area contributed by atoms with E-state index in [4.69, 9.17) is 5.73 Å². The van der Waals surface area contributed by atoms with Gasteiger partial charge in [-0.15, -0.1) is 0 Å². The fourth-order valence-electron chi connectivity index (χ4n) is 2.76. The van der Waals surface area contributed by atoms with Crippen molar-refractivity contribution in [3.05, 3.63) is 34.9 Å². The first-order valence-corrected chi connectivity index (χ1v) is 7.17. The minimum absolute atomic E-state index is 0.0936. The molecule has 0 aliphatic heterocycles. The van der Waals surface area contributed by atoms with Crippen LogP contribution in [0, 0.1) is 13.8 Å². The molecular formula is C16H24N2O. The summed E-state index contributed by atoms with van der Waals surface area (Å²) in [5.74, 6) is 0.0936. The van der Waals surface area contributed by atoms with Crippen LogP contribution < -0.4 is 11.1 Å². The number of benzene rings is 1. The summed E-state index contributed by atoms with van der Waals surface area (Å²) in [6, 6.07) is 6.52. The maximum absolute atomic E-state index is 12.1. The molecule has 2 rings (SSSR count). The zero-order valence-corrected chi connectivity index (χ0v) is 11.9. The number of nitrogens with one attached hydrogen (secondary N) is 1. The molecule has 3 N–H and O–H groups in total. The topological polar surface area (TPSA) is 55.1 Å². The molecule has 1 saturated carbocycles. The first kappa shape index (κ1) is 14.1. The van der Waals surface area contributed by atoms with Crippen molar-refractivity contribution in [3.63, 3.8) is 0 Å². The standard InChI is InChI=1S/C16H24N2O/c1-11-7-8-12(2)13(9-11)10-16(19)18-15-6-4-3-5-14(15)17/h7-9,14-15H,3-6,10,17H2,1-2H3,(H,18,19)/t14-,15-/m1/s1. The Morgan fingerprint density at radius 2 is 2.05 bits per heavy atom. The van der Waals surface area contributed by atoms with Crippen LogP contribution in [-0.4, -0.2) is 18.0 Å². The van der Waals surface area contributed by atoms with E-state index in [0.717, 1.165) is 18.4 Å². The molecule has 1 aromatic carbocycles. The average molecular weight is 260 g/mol. The normalized spacial score (nSPS) is 23.1. The molecule has 3 heteroatoms. The summed E-state index contributed by atoms with van der Waals surface area (Å²) in [5, 5.41) is 3.10. The lowest BCUT2D eigenvalue weighted by Crippen LogP contribution is -2.49. The molecule has 0 heterocycles. The maximum Gasteiger partial charge on any atom is 0.224 e. The molecule has 0 bridgehead atoms. The van der Waals surface area contributed by atoms with Gasteiger partial charge in [0.1, 0.15) is 0 Å². The summed E-state index contributed by atoms with van der Waals surface area (Å²) in [6.45, 7) is 4.10. The lowest BCUT2D eigenvalue weighted by Gasteiger charge is -2.29. The second-order valence-electron chi connectivity index (χ2n) is 5.73. The third kappa shape index (κ3) is 3.80. The fraction of sp³-hybridized carbons (Fsp3) is 0.562. The Kier molecular flexibility index (Phi) is 4.59. The van der Waals surface area contributed by atoms with Gasteiger partial charge in [0.25, 0.3) is 0 Å². The smallest absolute Gasteiger partial charge is 0.224 e. The van der Waals surface area contributed by atoms with E-state index in [1.54, 1.807) is 0 Å². The van der Waals surface area contributed by atoms with Crippen LogP contribution in [0.25, 0.3) is 0 Å². The zero-order chi connectivity index (χ0) is 13.8. The van der Waals surface area contributed by atoms with Crippen LogP contribution in [0.3, 0.4) is 0 Å². The van der Waals surface area contributed by atoms with Gasteiger partial charge in [-0.1, -0.05) is 36.6 Å². The monoisotopic (exact) mass is 260 g/mol. The van der Waals surface area contributed by atoms with Crippen LogP contribution in [0.4, 0.5) is 0 Å². The molecule has 1 fully saturated rings. The summed E-state index contributed by atoms with van der Waals surface area (Å²) >= 11 is 0. The molecule has 0 aromatic heterocycles. The molecule has 1 amide bonds. The third-order valence-electron chi connectivity index (χ3n) is 4.02. The number of hydrogen-bond acceptors (Lipinski definition) is 2. The van der Waals surface area contributed by atoms with Crippen molar-refractivity contribution in [2.45, 2.75) is 58.0 Å². The van der Waals surface area contributed by atoms with E-state index in [0.29, 0.717) is 6.42 Å². The summed E-state index contributed by atoms with van der Waals surface area (Å²) in [4.78, 5) is 12.1. The molecule has 0 radical (unpaired) electrons. The lowest BCUT2D eigenvalue weighted by atomic mass is 9.91.